The van der Waals surface area contributed by atoms with Crippen molar-refractivity contribution < 1.29 is 19.0 Å². The molecule has 0 radical (unpaired) electrons. The molecule has 0 saturated carbocycles. The van der Waals surface area contributed by atoms with Gasteiger partial charge in [-0.2, -0.15) is 0 Å². The Morgan fingerprint density at radius 3 is 2.47 bits per heavy atom. The average molecular weight is 462 g/mol. The highest BCUT2D eigenvalue weighted by atomic mass is 16.5. The van der Waals surface area contributed by atoms with E-state index < -0.39 is 5.97 Å². The van der Waals surface area contributed by atoms with Gasteiger partial charge in [0.05, 0.1) is 26.5 Å². The monoisotopic (exact) mass is 461 g/mol. The van der Waals surface area contributed by atoms with Crippen LogP contribution in [0.5, 0.6) is 11.5 Å². The second-order valence-electron chi connectivity index (χ2n) is 9.59. The summed E-state index contributed by atoms with van der Waals surface area (Å²) in [6.45, 7) is 8.45. The molecular weight excluding hydrogens is 430 g/mol. The van der Waals surface area contributed by atoms with Crippen LogP contribution in [0.1, 0.15) is 49.7 Å². The number of fused-ring (bicyclic) bond motifs is 3. The van der Waals surface area contributed by atoms with Crippen LogP contribution in [-0.2, 0) is 11.2 Å². The zero-order valence-electron chi connectivity index (χ0n) is 20.6. The number of rotatable bonds is 5. The lowest BCUT2D eigenvalue weighted by Crippen LogP contribution is -2.33. The normalized spacial score (nSPS) is 14.7. The molecule has 0 N–H and O–H groups in total. The summed E-state index contributed by atoms with van der Waals surface area (Å²) in [7, 11) is 3.29. The smallest absolute Gasteiger partial charge is 0.343 e. The number of aromatic nitrogens is 1. The summed E-state index contributed by atoms with van der Waals surface area (Å²) in [6.07, 6.45) is 2.41. The molecule has 0 aliphatic carbocycles. The maximum atomic E-state index is 12.9. The topological polar surface area (TPSA) is 66.8 Å². The van der Waals surface area contributed by atoms with Gasteiger partial charge in [-0.05, 0) is 54.2 Å². The first-order valence-corrected chi connectivity index (χ1v) is 11.5. The number of nitrogens with zero attached hydrogens (tertiary/aromatic N) is 1. The van der Waals surface area contributed by atoms with E-state index in [-0.39, 0.29) is 29.1 Å². The van der Waals surface area contributed by atoms with Crippen molar-refractivity contribution in [3.05, 3.63) is 70.0 Å². The van der Waals surface area contributed by atoms with Crippen molar-refractivity contribution >= 4 is 5.97 Å². The van der Waals surface area contributed by atoms with Crippen LogP contribution in [0.3, 0.4) is 0 Å². The Balaban J connectivity index is 1.95. The van der Waals surface area contributed by atoms with E-state index in [1.165, 1.54) is 0 Å². The van der Waals surface area contributed by atoms with Crippen LogP contribution in [0.25, 0.3) is 22.4 Å². The molecule has 1 unspecified atom stereocenters. The van der Waals surface area contributed by atoms with Crippen LogP contribution < -0.4 is 14.9 Å². The lowest BCUT2D eigenvalue weighted by Gasteiger charge is -2.39. The van der Waals surface area contributed by atoms with Crippen LogP contribution in [0.2, 0.25) is 0 Å². The Hall–Kier alpha value is -3.54. The molecule has 3 aromatic rings. The highest BCUT2D eigenvalue weighted by Gasteiger charge is 2.34. The second-order valence-corrected chi connectivity index (χ2v) is 9.59. The summed E-state index contributed by atoms with van der Waals surface area (Å²) in [4.78, 5) is 25.4. The molecule has 0 saturated heterocycles. The largest absolute Gasteiger partial charge is 0.497 e. The van der Waals surface area contributed by atoms with E-state index in [0.717, 1.165) is 40.1 Å². The zero-order valence-corrected chi connectivity index (χ0v) is 20.6. The third-order valence-electron chi connectivity index (χ3n) is 6.41. The first kappa shape index (κ1) is 23.6. The SMILES string of the molecule is CCOC(=O)c1cn2c(cc1=O)-c1cc(OC)c(-c3cccc(OC)c3)cc1CC2C(C)(C)C. The summed E-state index contributed by atoms with van der Waals surface area (Å²) in [6, 6.07) is 13.6. The number of benzene rings is 2. The van der Waals surface area contributed by atoms with Gasteiger partial charge in [0.25, 0.3) is 0 Å². The van der Waals surface area contributed by atoms with Gasteiger partial charge in [-0.3, -0.25) is 4.79 Å². The molecule has 6 heteroatoms. The van der Waals surface area contributed by atoms with Gasteiger partial charge in [0.15, 0.2) is 5.43 Å². The Morgan fingerprint density at radius 2 is 1.82 bits per heavy atom. The summed E-state index contributed by atoms with van der Waals surface area (Å²) >= 11 is 0. The van der Waals surface area contributed by atoms with E-state index in [4.69, 9.17) is 14.2 Å². The lowest BCUT2D eigenvalue weighted by atomic mass is 9.78. The lowest BCUT2D eigenvalue weighted by molar-refractivity contribution is 0.0523. The molecule has 2 heterocycles. The van der Waals surface area contributed by atoms with Crippen LogP contribution in [-0.4, -0.2) is 31.4 Å². The number of ether oxygens (including phenoxy) is 3. The van der Waals surface area contributed by atoms with Gasteiger partial charge in [0, 0.05) is 29.4 Å². The number of hydrogen-bond donors (Lipinski definition) is 0. The van der Waals surface area contributed by atoms with Crippen LogP contribution in [0, 0.1) is 5.41 Å². The van der Waals surface area contributed by atoms with Gasteiger partial charge < -0.3 is 18.8 Å². The van der Waals surface area contributed by atoms with E-state index in [2.05, 4.69) is 31.4 Å². The fourth-order valence-corrected chi connectivity index (χ4v) is 4.63. The van der Waals surface area contributed by atoms with Crippen molar-refractivity contribution in [2.75, 3.05) is 20.8 Å². The number of esters is 1. The maximum absolute atomic E-state index is 12.9. The fraction of sp³-hybridized carbons (Fsp3) is 0.357. The first-order chi connectivity index (χ1) is 16.2. The van der Waals surface area contributed by atoms with E-state index in [9.17, 15) is 9.59 Å². The molecule has 1 aliphatic rings. The molecule has 4 rings (SSSR count). The molecule has 0 bridgehead atoms. The molecule has 0 spiro atoms. The predicted octanol–water partition coefficient (Wildman–Crippen LogP) is 5.52. The quantitative estimate of drug-likeness (QED) is 0.468. The van der Waals surface area contributed by atoms with Crippen LogP contribution in [0.15, 0.2) is 53.5 Å². The van der Waals surface area contributed by atoms with Gasteiger partial charge in [-0.15, -0.1) is 0 Å². The second kappa shape index (κ2) is 9.01. The molecule has 34 heavy (non-hydrogen) atoms. The Morgan fingerprint density at radius 1 is 1.06 bits per heavy atom. The Labute approximate surface area is 200 Å². The number of hydrogen-bond acceptors (Lipinski definition) is 5. The Kier molecular flexibility index (Phi) is 6.26. The summed E-state index contributed by atoms with van der Waals surface area (Å²) < 4.78 is 18.4. The molecule has 0 fully saturated rings. The van der Waals surface area contributed by atoms with Crippen LogP contribution in [0.4, 0.5) is 0 Å². The Bertz CT molecular complexity index is 1300. The van der Waals surface area contributed by atoms with E-state index >= 15 is 0 Å². The zero-order chi connectivity index (χ0) is 24.6. The van der Waals surface area contributed by atoms with Gasteiger partial charge >= 0.3 is 5.97 Å². The van der Waals surface area contributed by atoms with E-state index in [0.29, 0.717) is 5.75 Å². The molecule has 2 aromatic carbocycles. The van der Waals surface area contributed by atoms with Crippen molar-refractivity contribution in [2.24, 2.45) is 5.41 Å². The molecule has 6 nitrogen and oxygen atoms in total. The van der Waals surface area contributed by atoms with Gasteiger partial charge in [0.1, 0.15) is 17.1 Å². The van der Waals surface area contributed by atoms with Crippen molar-refractivity contribution in [1.29, 1.82) is 0 Å². The number of methoxy groups -OCH3 is 2. The number of carbonyl (C=O) groups is 1. The molecule has 178 valence electrons. The highest BCUT2D eigenvalue weighted by Crippen LogP contribution is 2.46. The van der Waals surface area contributed by atoms with Crippen molar-refractivity contribution in [3.8, 4) is 33.9 Å². The van der Waals surface area contributed by atoms with Gasteiger partial charge in [-0.25, -0.2) is 4.79 Å². The molecule has 1 atom stereocenters. The van der Waals surface area contributed by atoms with Gasteiger partial charge in [0.2, 0.25) is 0 Å². The minimum atomic E-state index is -0.591. The van der Waals surface area contributed by atoms with Crippen LogP contribution >= 0.6 is 0 Å². The van der Waals surface area contributed by atoms with E-state index in [1.807, 2.05) is 30.3 Å². The maximum Gasteiger partial charge on any atom is 0.343 e. The van der Waals surface area contributed by atoms with E-state index in [1.54, 1.807) is 33.4 Å². The van der Waals surface area contributed by atoms with Crippen molar-refractivity contribution in [1.82, 2.24) is 4.57 Å². The fourth-order valence-electron chi connectivity index (χ4n) is 4.63. The summed E-state index contributed by atoms with van der Waals surface area (Å²) in [5.41, 5.74) is 4.37. The third kappa shape index (κ3) is 4.20. The molecule has 1 aliphatic heterocycles. The summed E-state index contributed by atoms with van der Waals surface area (Å²) in [5, 5.41) is 0. The number of pyridine rings is 1. The molecule has 0 amide bonds. The molecule has 1 aromatic heterocycles. The average Bonchev–Trinajstić information content (AvgIpc) is 2.81. The highest BCUT2D eigenvalue weighted by molar-refractivity contribution is 5.90. The van der Waals surface area contributed by atoms with Gasteiger partial charge in [-0.1, -0.05) is 32.9 Å². The van der Waals surface area contributed by atoms with Crippen molar-refractivity contribution in [3.63, 3.8) is 0 Å². The predicted molar refractivity (Wildman–Crippen MR) is 133 cm³/mol. The number of carbonyl (C=O) groups excluding carboxylic acids is 1. The van der Waals surface area contributed by atoms with Crippen molar-refractivity contribution in [2.45, 2.75) is 40.2 Å². The minimum Gasteiger partial charge on any atom is -0.497 e. The molecular formula is C28H31NO5. The standard InChI is InChI=1S/C28H31NO5/c1-7-34-27(31)22-16-29-23(15-24(22)30)20-14-25(33-6)21(17-9-8-10-19(11-17)32-5)12-18(20)13-26(29)28(2,3)4/h8-12,14-16,26H,7,13H2,1-6H3. The third-order valence-corrected chi connectivity index (χ3v) is 6.41. The minimum absolute atomic E-state index is 0.0373. The first-order valence-electron chi connectivity index (χ1n) is 11.5. The summed E-state index contributed by atoms with van der Waals surface area (Å²) in [5.74, 6) is 0.884.